The van der Waals surface area contributed by atoms with Gasteiger partial charge < -0.3 is 9.15 Å². The Morgan fingerprint density at radius 3 is 2.47 bits per heavy atom. The van der Waals surface area contributed by atoms with Gasteiger partial charge >= 0.3 is 6.03 Å². The van der Waals surface area contributed by atoms with Gasteiger partial charge in [0.1, 0.15) is 22.8 Å². The van der Waals surface area contributed by atoms with Crippen LogP contribution >= 0.6 is 0 Å². The van der Waals surface area contributed by atoms with Crippen LogP contribution in [0.15, 0.2) is 64.6 Å². The van der Waals surface area contributed by atoms with E-state index in [2.05, 4.69) is 5.32 Å². The van der Waals surface area contributed by atoms with E-state index in [4.69, 9.17) is 9.15 Å². The van der Waals surface area contributed by atoms with Crippen LogP contribution in [0, 0.1) is 17.0 Å². The Bertz CT molecular complexity index is 1340. The molecule has 4 amide bonds. The highest BCUT2D eigenvalue weighted by atomic mass is 16.6. The molecule has 0 atom stereocenters. The molecular weight excluding hydrogens is 442 g/mol. The van der Waals surface area contributed by atoms with Crippen LogP contribution in [0.25, 0.3) is 17.4 Å². The number of furan rings is 1. The normalized spacial score (nSPS) is 14.9. The number of imide groups is 2. The van der Waals surface area contributed by atoms with E-state index in [1.165, 1.54) is 30.3 Å². The SMILES string of the molecule is CCOc1ccc(N2C(=O)NC(=O)/C(=C/c3ccc(-c4ccc([N+](=O)[O-])cc4C)o3)C2=O)cc1. The lowest BCUT2D eigenvalue weighted by Gasteiger charge is -2.26. The summed E-state index contributed by atoms with van der Waals surface area (Å²) in [6.07, 6.45) is 1.25. The number of nitrogens with zero attached hydrogens (tertiary/aromatic N) is 2. The predicted molar refractivity (Wildman–Crippen MR) is 122 cm³/mol. The molecule has 2 aromatic carbocycles. The second-order valence-corrected chi connectivity index (χ2v) is 7.34. The van der Waals surface area contributed by atoms with Crippen molar-refractivity contribution in [2.45, 2.75) is 13.8 Å². The predicted octanol–water partition coefficient (Wildman–Crippen LogP) is 4.23. The Hall–Kier alpha value is -4.73. The quantitative estimate of drug-likeness (QED) is 0.251. The molecule has 1 aromatic heterocycles. The molecule has 1 fully saturated rings. The van der Waals surface area contributed by atoms with E-state index < -0.39 is 22.8 Å². The highest BCUT2D eigenvalue weighted by Gasteiger charge is 2.37. The van der Waals surface area contributed by atoms with E-state index in [9.17, 15) is 24.5 Å². The maximum Gasteiger partial charge on any atom is 0.335 e. The van der Waals surface area contributed by atoms with Crippen LogP contribution in [-0.2, 0) is 9.59 Å². The number of benzene rings is 2. The molecule has 0 spiro atoms. The van der Waals surface area contributed by atoms with Crippen LogP contribution in [0.4, 0.5) is 16.2 Å². The van der Waals surface area contributed by atoms with Gasteiger partial charge in [-0.2, -0.15) is 0 Å². The third kappa shape index (κ3) is 4.29. The summed E-state index contributed by atoms with van der Waals surface area (Å²) >= 11 is 0. The van der Waals surface area contributed by atoms with Crippen molar-refractivity contribution >= 4 is 35.3 Å². The fraction of sp³-hybridized carbons (Fsp3) is 0.125. The van der Waals surface area contributed by atoms with E-state index in [0.717, 1.165) is 4.90 Å². The van der Waals surface area contributed by atoms with Gasteiger partial charge in [0.2, 0.25) is 0 Å². The lowest BCUT2D eigenvalue weighted by molar-refractivity contribution is -0.384. The second kappa shape index (κ2) is 9.02. The van der Waals surface area contributed by atoms with Gasteiger partial charge in [-0.05, 0) is 68.0 Å². The fourth-order valence-corrected chi connectivity index (χ4v) is 3.51. The van der Waals surface area contributed by atoms with Gasteiger partial charge in [0.05, 0.1) is 17.2 Å². The summed E-state index contributed by atoms with van der Waals surface area (Å²) < 4.78 is 11.1. The fourth-order valence-electron chi connectivity index (χ4n) is 3.51. The molecule has 1 N–H and O–H groups in total. The first kappa shape index (κ1) is 22.5. The molecule has 34 heavy (non-hydrogen) atoms. The lowest BCUT2D eigenvalue weighted by Crippen LogP contribution is -2.54. The van der Waals surface area contributed by atoms with Gasteiger partial charge in [0, 0.05) is 17.7 Å². The number of anilines is 1. The van der Waals surface area contributed by atoms with Crippen molar-refractivity contribution in [2.75, 3.05) is 11.5 Å². The molecule has 0 aliphatic carbocycles. The highest BCUT2D eigenvalue weighted by Crippen LogP contribution is 2.30. The third-order valence-corrected chi connectivity index (χ3v) is 5.11. The number of nitro benzene ring substituents is 1. The van der Waals surface area contributed by atoms with Crippen molar-refractivity contribution in [3.05, 3.63) is 81.6 Å². The van der Waals surface area contributed by atoms with Crippen LogP contribution in [-0.4, -0.2) is 29.4 Å². The summed E-state index contributed by atoms with van der Waals surface area (Å²) in [5.74, 6) is -0.466. The number of rotatable bonds is 6. The standard InChI is InChI=1S/C24H19N3O7/c1-3-33-17-7-4-15(5-8-17)26-23(29)20(22(28)25-24(26)30)13-18-9-11-21(34-18)19-10-6-16(27(31)32)12-14(19)2/h4-13H,3H2,1-2H3,(H,25,28,30)/b20-13-. The second-order valence-electron chi connectivity index (χ2n) is 7.34. The molecule has 172 valence electrons. The zero-order valence-corrected chi connectivity index (χ0v) is 18.2. The average Bonchev–Trinajstić information content (AvgIpc) is 3.26. The molecule has 10 nitrogen and oxygen atoms in total. The summed E-state index contributed by atoms with van der Waals surface area (Å²) in [6.45, 7) is 4.01. The van der Waals surface area contributed by atoms with E-state index in [1.54, 1.807) is 37.3 Å². The number of nitro groups is 1. The van der Waals surface area contributed by atoms with Crippen LogP contribution in [0.1, 0.15) is 18.2 Å². The Morgan fingerprint density at radius 1 is 1.09 bits per heavy atom. The number of non-ortho nitro benzene ring substituents is 1. The maximum absolute atomic E-state index is 13.0. The molecule has 3 aromatic rings. The molecule has 0 unspecified atom stereocenters. The van der Waals surface area contributed by atoms with Gasteiger partial charge in [-0.15, -0.1) is 0 Å². The van der Waals surface area contributed by atoms with Crippen LogP contribution < -0.4 is 15.0 Å². The first-order chi connectivity index (χ1) is 16.3. The number of urea groups is 1. The van der Waals surface area contributed by atoms with E-state index in [0.29, 0.717) is 29.2 Å². The van der Waals surface area contributed by atoms with E-state index >= 15 is 0 Å². The van der Waals surface area contributed by atoms with Gasteiger partial charge in [0.25, 0.3) is 17.5 Å². The largest absolute Gasteiger partial charge is 0.494 e. The minimum absolute atomic E-state index is 0.0429. The Balaban J connectivity index is 1.63. The number of aryl methyl sites for hydroxylation is 1. The van der Waals surface area contributed by atoms with Crippen molar-refractivity contribution in [3.8, 4) is 17.1 Å². The first-order valence-electron chi connectivity index (χ1n) is 10.3. The Morgan fingerprint density at radius 2 is 1.82 bits per heavy atom. The highest BCUT2D eigenvalue weighted by molar-refractivity contribution is 6.39. The van der Waals surface area contributed by atoms with Gasteiger partial charge in [-0.3, -0.25) is 25.0 Å². The van der Waals surface area contributed by atoms with Gasteiger partial charge in [0.15, 0.2) is 0 Å². The zero-order valence-electron chi connectivity index (χ0n) is 18.2. The summed E-state index contributed by atoms with van der Waals surface area (Å²) in [7, 11) is 0. The van der Waals surface area contributed by atoms with Crippen molar-refractivity contribution in [3.63, 3.8) is 0 Å². The molecular formula is C24H19N3O7. The zero-order chi connectivity index (χ0) is 24.4. The summed E-state index contributed by atoms with van der Waals surface area (Å²) in [5, 5.41) is 13.1. The van der Waals surface area contributed by atoms with Crippen molar-refractivity contribution < 1.29 is 28.5 Å². The monoisotopic (exact) mass is 461 g/mol. The number of barbiturate groups is 1. The van der Waals surface area contributed by atoms with Crippen molar-refractivity contribution in [1.29, 1.82) is 0 Å². The van der Waals surface area contributed by atoms with Gasteiger partial charge in [-0.1, -0.05) is 0 Å². The molecule has 10 heteroatoms. The molecule has 0 radical (unpaired) electrons. The van der Waals surface area contributed by atoms with Gasteiger partial charge in [-0.25, -0.2) is 9.69 Å². The smallest absolute Gasteiger partial charge is 0.335 e. The number of carbonyl (C=O) groups is 3. The Kier molecular flexibility index (Phi) is 5.96. The minimum Gasteiger partial charge on any atom is -0.494 e. The maximum atomic E-state index is 13.0. The van der Waals surface area contributed by atoms with Crippen molar-refractivity contribution in [2.24, 2.45) is 0 Å². The summed E-state index contributed by atoms with van der Waals surface area (Å²) in [6, 6.07) is 13.0. The molecule has 0 bridgehead atoms. The number of ether oxygens (including phenoxy) is 1. The Labute approximate surface area is 193 Å². The summed E-state index contributed by atoms with van der Waals surface area (Å²) in [4.78, 5) is 49.1. The average molecular weight is 461 g/mol. The molecule has 1 saturated heterocycles. The molecule has 0 saturated carbocycles. The number of nitrogens with one attached hydrogen (secondary N) is 1. The van der Waals surface area contributed by atoms with E-state index in [-0.39, 0.29) is 22.7 Å². The third-order valence-electron chi connectivity index (χ3n) is 5.11. The molecule has 4 rings (SSSR count). The number of hydrogen-bond acceptors (Lipinski definition) is 7. The minimum atomic E-state index is -0.863. The summed E-state index contributed by atoms with van der Waals surface area (Å²) in [5.41, 5.74) is 1.20. The topological polar surface area (TPSA) is 132 Å². The number of amides is 4. The van der Waals surface area contributed by atoms with Crippen molar-refractivity contribution in [1.82, 2.24) is 5.32 Å². The molecule has 1 aliphatic rings. The van der Waals surface area contributed by atoms with Crippen LogP contribution in [0.2, 0.25) is 0 Å². The number of carbonyl (C=O) groups excluding carboxylic acids is 3. The molecule has 2 heterocycles. The first-order valence-corrected chi connectivity index (χ1v) is 10.3. The van der Waals surface area contributed by atoms with Crippen LogP contribution in [0.3, 0.4) is 0 Å². The molecule has 1 aliphatic heterocycles. The lowest BCUT2D eigenvalue weighted by atomic mass is 10.1. The van der Waals surface area contributed by atoms with Crippen LogP contribution in [0.5, 0.6) is 5.75 Å². The number of hydrogen-bond donors (Lipinski definition) is 1. The van der Waals surface area contributed by atoms with E-state index in [1.807, 2.05) is 6.92 Å².